The van der Waals surface area contributed by atoms with Crippen molar-refractivity contribution in [3.8, 4) is 0 Å². The molecule has 1 amide bonds. The molecule has 0 saturated heterocycles. The first kappa shape index (κ1) is 23.9. The Bertz CT molecular complexity index is 675. The first-order chi connectivity index (χ1) is 13.3. The number of carbonyl (C=O) groups is 2. The number of hydrogen-bond acceptors (Lipinski definition) is 6. The van der Waals surface area contributed by atoms with Crippen molar-refractivity contribution in [2.24, 2.45) is 4.99 Å². The average Bonchev–Trinajstić information content (AvgIpc) is 3.03. The molecule has 0 aliphatic carbocycles. The Balaban J connectivity index is 2.71. The summed E-state index contributed by atoms with van der Waals surface area (Å²) in [6.45, 7) is 12.9. The largest absolute Gasteiger partial charge is 0.462 e. The van der Waals surface area contributed by atoms with Gasteiger partial charge in [-0.05, 0) is 41.0 Å². The lowest BCUT2D eigenvalue weighted by Crippen LogP contribution is -2.39. The number of hydrogen-bond donors (Lipinski definition) is 3. The SMILES string of the molecule is CCNC(=NCCC(=O)NC(C)CC)NC(C)c1nc(C)c(C(=O)OCC)s1. The number of aromatic nitrogens is 1. The molecule has 0 bridgehead atoms. The Morgan fingerprint density at radius 1 is 1.21 bits per heavy atom. The molecule has 0 aliphatic heterocycles. The monoisotopic (exact) mass is 411 g/mol. The van der Waals surface area contributed by atoms with Crippen molar-refractivity contribution < 1.29 is 14.3 Å². The van der Waals surface area contributed by atoms with E-state index in [1.165, 1.54) is 11.3 Å². The van der Waals surface area contributed by atoms with E-state index in [0.29, 0.717) is 42.6 Å². The third-order valence-electron chi connectivity index (χ3n) is 3.97. The first-order valence-electron chi connectivity index (χ1n) is 9.80. The number of aliphatic imine (C=N–C) groups is 1. The summed E-state index contributed by atoms with van der Waals surface area (Å²) >= 11 is 1.32. The normalized spacial score (nSPS) is 13.6. The minimum Gasteiger partial charge on any atom is -0.462 e. The van der Waals surface area contributed by atoms with Gasteiger partial charge in [-0.3, -0.25) is 9.79 Å². The van der Waals surface area contributed by atoms with E-state index in [1.807, 2.05) is 27.7 Å². The summed E-state index contributed by atoms with van der Waals surface area (Å²) in [5.74, 6) is 0.261. The fraction of sp³-hybridized carbons (Fsp3) is 0.684. The molecule has 3 N–H and O–H groups in total. The number of guanidine groups is 1. The van der Waals surface area contributed by atoms with E-state index >= 15 is 0 Å². The van der Waals surface area contributed by atoms with E-state index in [9.17, 15) is 9.59 Å². The molecule has 0 radical (unpaired) electrons. The highest BCUT2D eigenvalue weighted by Crippen LogP contribution is 2.24. The maximum absolute atomic E-state index is 12.0. The van der Waals surface area contributed by atoms with Crippen molar-refractivity contribution >= 4 is 29.2 Å². The number of nitrogens with zero attached hydrogens (tertiary/aromatic N) is 2. The van der Waals surface area contributed by atoms with Gasteiger partial charge >= 0.3 is 5.97 Å². The molecule has 1 heterocycles. The summed E-state index contributed by atoms with van der Waals surface area (Å²) in [6.07, 6.45) is 1.23. The molecule has 1 rings (SSSR count). The Hall–Kier alpha value is -2.16. The highest BCUT2D eigenvalue weighted by atomic mass is 32.1. The van der Waals surface area contributed by atoms with Crippen molar-refractivity contribution in [1.82, 2.24) is 20.9 Å². The van der Waals surface area contributed by atoms with E-state index in [-0.39, 0.29) is 24.0 Å². The van der Waals surface area contributed by atoms with Gasteiger partial charge in [-0.1, -0.05) is 6.92 Å². The van der Waals surface area contributed by atoms with E-state index in [1.54, 1.807) is 13.8 Å². The number of amides is 1. The number of ether oxygens (including phenoxy) is 1. The van der Waals surface area contributed by atoms with Crippen LogP contribution in [0.25, 0.3) is 0 Å². The third-order valence-corrected chi connectivity index (χ3v) is 5.29. The molecule has 0 aliphatic rings. The topological polar surface area (TPSA) is 105 Å². The van der Waals surface area contributed by atoms with E-state index in [0.717, 1.165) is 11.4 Å². The van der Waals surface area contributed by atoms with Crippen LogP contribution in [0.2, 0.25) is 0 Å². The minimum absolute atomic E-state index is 0.00313. The van der Waals surface area contributed by atoms with Crippen molar-refractivity contribution in [1.29, 1.82) is 0 Å². The number of rotatable bonds is 10. The number of thiazole rings is 1. The third kappa shape index (κ3) is 7.84. The van der Waals surface area contributed by atoms with Crippen LogP contribution in [0, 0.1) is 6.92 Å². The molecule has 1 aromatic rings. The number of aryl methyl sites for hydroxylation is 1. The second kappa shape index (κ2) is 12.3. The van der Waals surface area contributed by atoms with Crippen LogP contribution in [0.4, 0.5) is 0 Å². The number of nitrogens with one attached hydrogen (secondary N) is 3. The van der Waals surface area contributed by atoms with Gasteiger partial charge in [-0.15, -0.1) is 11.3 Å². The molecular weight excluding hydrogens is 378 g/mol. The molecule has 2 unspecified atom stereocenters. The van der Waals surface area contributed by atoms with Crippen LogP contribution < -0.4 is 16.0 Å². The molecule has 1 aromatic heterocycles. The van der Waals surface area contributed by atoms with Crippen molar-refractivity contribution in [3.05, 3.63) is 15.6 Å². The summed E-state index contributed by atoms with van der Waals surface area (Å²) in [5.41, 5.74) is 0.663. The lowest BCUT2D eigenvalue weighted by molar-refractivity contribution is -0.121. The fourth-order valence-corrected chi connectivity index (χ4v) is 3.26. The van der Waals surface area contributed by atoms with Crippen LogP contribution in [0.3, 0.4) is 0 Å². The smallest absolute Gasteiger partial charge is 0.350 e. The van der Waals surface area contributed by atoms with Gasteiger partial charge in [0.2, 0.25) is 5.91 Å². The van der Waals surface area contributed by atoms with Gasteiger partial charge in [0.15, 0.2) is 5.96 Å². The zero-order valence-electron chi connectivity index (χ0n) is 17.7. The van der Waals surface area contributed by atoms with Gasteiger partial charge in [-0.2, -0.15) is 0 Å². The van der Waals surface area contributed by atoms with Crippen LogP contribution in [0.15, 0.2) is 4.99 Å². The molecule has 28 heavy (non-hydrogen) atoms. The quantitative estimate of drug-likeness (QED) is 0.310. The maximum atomic E-state index is 12.0. The molecule has 158 valence electrons. The van der Waals surface area contributed by atoms with Crippen LogP contribution in [-0.4, -0.2) is 48.6 Å². The predicted molar refractivity (Wildman–Crippen MR) is 113 cm³/mol. The van der Waals surface area contributed by atoms with Crippen LogP contribution in [0.5, 0.6) is 0 Å². The molecule has 0 saturated carbocycles. The summed E-state index contributed by atoms with van der Waals surface area (Å²) in [4.78, 5) is 33.3. The molecular formula is C19H33N5O3S. The Morgan fingerprint density at radius 2 is 1.93 bits per heavy atom. The fourth-order valence-electron chi connectivity index (χ4n) is 2.29. The lowest BCUT2D eigenvalue weighted by Gasteiger charge is -2.16. The van der Waals surface area contributed by atoms with Crippen LogP contribution >= 0.6 is 11.3 Å². The highest BCUT2D eigenvalue weighted by Gasteiger charge is 2.20. The summed E-state index contributed by atoms with van der Waals surface area (Å²) < 4.78 is 5.07. The zero-order chi connectivity index (χ0) is 21.1. The van der Waals surface area contributed by atoms with Gasteiger partial charge in [-0.25, -0.2) is 9.78 Å². The molecule has 2 atom stereocenters. The van der Waals surface area contributed by atoms with Gasteiger partial charge in [0.05, 0.1) is 24.9 Å². The van der Waals surface area contributed by atoms with E-state index in [2.05, 4.69) is 25.9 Å². The number of esters is 1. The number of carbonyl (C=O) groups excluding carboxylic acids is 2. The molecule has 0 spiro atoms. The Labute approximate surface area is 171 Å². The Kier molecular flexibility index (Phi) is 10.5. The van der Waals surface area contributed by atoms with Crippen molar-refractivity contribution in [2.45, 2.75) is 66.5 Å². The standard InChI is InChI=1S/C19H33N5O3S/c1-7-12(4)22-15(25)10-11-21-19(20-8-2)24-14(6)17-23-13(5)16(28-17)18(26)27-9-3/h12,14H,7-11H2,1-6H3,(H,22,25)(H2,20,21,24). The van der Waals surface area contributed by atoms with Gasteiger partial charge in [0, 0.05) is 19.0 Å². The first-order valence-corrected chi connectivity index (χ1v) is 10.6. The lowest BCUT2D eigenvalue weighted by atomic mass is 10.2. The molecule has 8 nitrogen and oxygen atoms in total. The van der Waals surface area contributed by atoms with Crippen molar-refractivity contribution in [3.63, 3.8) is 0 Å². The Morgan fingerprint density at radius 3 is 2.54 bits per heavy atom. The van der Waals surface area contributed by atoms with Crippen LogP contribution in [0.1, 0.15) is 73.9 Å². The highest BCUT2D eigenvalue weighted by molar-refractivity contribution is 7.13. The van der Waals surface area contributed by atoms with Gasteiger partial charge in [0.25, 0.3) is 0 Å². The van der Waals surface area contributed by atoms with Gasteiger partial charge < -0.3 is 20.7 Å². The van der Waals surface area contributed by atoms with E-state index in [4.69, 9.17) is 4.74 Å². The zero-order valence-corrected chi connectivity index (χ0v) is 18.5. The minimum atomic E-state index is -0.344. The van der Waals surface area contributed by atoms with Gasteiger partial charge in [0.1, 0.15) is 9.88 Å². The summed E-state index contributed by atoms with van der Waals surface area (Å²) in [6, 6.07) is 0.0308. The second-order valence-corrected chi connectivity index (χ2v) is 7.47. The van der Waals surface area contributed by atoms with Crippen molar-refractivity contribution in [2.75, 3.05) is 19.7 Å². The predicted octanol–water partition coefficient (Wildman–Crippen LogP) is 2.55. The summed E-state index contributed by atoms with van der Waals surface area (Å²) in [5, 5.41) is 10.1. The molecule has 0 aromatic carbocycles. The molecule has 0 fully saturated rings. The second-order valence-electron chi connectivity index (χ2n) is 6.44. The average molecular weight is 412 g/mol. The summed E-state index contributed by atoms with van der Waals surface area (Å²) in [7, 11) is 0. The van der Waals surface area contributed by atoms with Crippen LogP contribution in [-0.2, 0) is 9.53 Å². The molecule has 9 heteroatoms. The van der Waals surface area contributed by atoms with E-state index < -0.39 is 0 Å². The maximum Gasteiger partial charge on any atom is 0.350 e.